The van der Waals surface area contributed by atoms with Gasteiger partial charge in [0.1, 0.15) is 18.1 Å². The molecule has 140 valence electrons. The number of ether oxygens (including phenoxy) is 3. The van der Waals surface area contributed by atoms with E-state index in [4.69, 9.17) is 14.2 Å². The molecular weight excluding hydrogens is 377 g/mol. The van der Waals surface area contributed by atoms with E-state index in [-0.39, 0.29) is 36.7 Å². The zero-order chi connectivity index (χ0) is 18.5. The van der Waals surface area contributed by atoms with Gasteiger partial charge in [-0.1, -0.05) is 0 Å². The Hall–Kier alpha value is -1.45. The Morgan fingerprint density at radius 3 is 2.78 bits per heavy atom. The third-order valence-corrected chi connectivity index (χ3v) is 5.11. The molecule has 3 rings (SSSR count). The molecule has 1 atom stereocenters. The minimum absolute atomic E-state index is 0. The molecule has 0 aliphatic carbocycles. The summed E-state index contributed by atoms with van der Waals surface area (Å²) in [5, 5.41) is 0.417. The van der Waals surface area contributed by atoms with E-state index in [0.29, 0.717) is 18.4 Å². The summed E-state index contributed by atoms with van der Waals surface area (Å²) in [7, 11) is 1.88. The summed E-state index contributed by atoms with van der Waals surface area (Å²) in [6.45, 7) is 2.87. The maximum atomic E-state index is 12.7. The van der Waals surface area contributed by atoms with Crippen LogP contribution in [0.4, 0.5) is 0 Å². The van der Waals surface area contributed by atoms with Gasteiger partial charge in [-0.3, -0.25) is 9.19 Å². The van der Waals surface area contributed by atoms with Crippen molar-refractivity contribution in [3.8, 4) is 11.5 Å². The third-order valence-electron chi connectivity index (χ3n) is 3.95. The second-order valence-corrected chi connectivity index (χ2v) is 7.00. The Balaban J connectivity index is 0.00000196. The first-order valence-corrected chi connectivity index (χ1v) is 9.42. The molecule has 0 amide bonds. The van der Waals surface area contributed by atoms with E-state index in [0.717, 1.165) is 33.8 Å². The van der Waals surface area contributed by atoms with E-state index >= 15 is 0 Å². The van der Waals surface area contributed by atoms with Gasteiger partial charge in [0, 0.05) is 24.9 Å². The van der Waals surface area contributed by atoms with Gasteiger partial charge in [0.15, 0.2) is 5.16 Å². The number of hydrogen-bond donors (Lipinski definition) is 1. The molecule has 0 aliphatic heterocycles. The van der Waals surface area contributed by atoms with Gasteiger partial charge < -0.3 is 20.6 Å². The van der Waals surface area contributed by atoms with E-state index in [1.165, 1.54) is 0 Å². The molecule has 7 nitrogen and oxygen atoms in total. The van der Waals surface area contributed by atoms with Crippen molar-refractivity contribution in [1.29, 1.82) is 0 Å². The summed E-state index contributed by atoms with van der Waals surface area (Å²) in [5.41, 5.74) is 3.12. The van der Waals surface area contributed by atoms with E-state index in [1.807, 2.05) is 25.1 Å². The van der Waals surface area contributed by atoms with Crippen molar-refractivity contribution in [2.24, 2.45) is 0 Å². The van der Waals surface area contributed by atoms with E-state index in [9.17, 15) is 4.21 Å². The van der Waals surface area contributed by atoms with Gasteiger partial charge in [0.05, 0.1) is 47.0 Å². The summed E-state index contributed by atoms with van der Waals surface area (Å²) in [4.78, 5) is 11.9. The number of H-pyrrole nitrogens is 1. The second kappa shape index (κ2) is 10.2. The standard InChI is InChI=1S/C18H21N3O4S.Na.H/c1-12-16(19-7-6-17(12)25-9-8-23-2)11-26(22)18-20-14-5-4-13(24-3)10-15(14)21-18;;/h4-7,10H,8-9,11H2,1-3H3,(H,20,21);;/q;+1;-1. The van der Waals surface area contributed by atoms with Crippen molar-refractivity contribution in [2.75, 3.05) is 27.4 Å². The van der Waals surface area contributed by atoms with Crippen LogP contribution in [0.25, 0.3) is 11.0 Å². The minimum Gasteiger partial charge on any atom is -1.00 e. The molecule has 0 spiro atoms. The summed E-state index contributed by atoms with van der Waals surface area (Å²) < 4.78 is 28.6. The molecule has 1 N–H and O–H groups in total. The molecular formula is C18H22N3NaO4S. The fourth-order valence-corrected chi connectivity index (χ4v) is 3.59. The van der Waals surface area contributed by atoms with Gasteiger partial charge in [0.2, 0.25) is 0 Å². The number of aromatic nitrogens is 3. The van der Waals surface area contributed by atoms with Crippen LogP contribution in [0.5, 0.6) is 11.5 Å². The first-order valence-electron chi connectivity index (χ1n) is 8.10. The average Bonchev–Trinajstić information content (AvgIpc) is 3.08. The Morgan fingerprint density at radius 2 is 2.04 bits per heavy atom. The summed E-state index contributed by atoms with van der Waals surface area (Å²) in [5.74, 6) is 1.69. The monoisotopic (exact) mass is 399 g/mol. The molecule has 0 aliphatic rings. The van der Waals surface area contributed by atoms with Gasteiger partial charge in [-0.05, 0) is 25.1 Å². The molecule has 2 heterocycles. The molecule has 0 fully saturated rings. The van der Waals surface area contributed by atoms with E-state index in [1.54, 1.807) is 26.5 Å². The zero-order valence-corrected chi connectivity index (χ0v) is 18.8. The van der Waals surface area contributed by atoms with Crippen molar-refractivity contribution >= 4 is 21.8 Å². The first kappa shape index (κ1) is 21.8. The Morgan fingerprint density at radius 1 is 1.22 bits per heavy atom. The topological polar surface area (TPSA) is 86.3 Å². The first-order chi connectivity index (χ1) is 12.6. The van der Waals surface area contributed by atoms with Crippen molar-refractivity contribution in [2.45, 2.75) is 17.8 Å². The predicted molar refractivity (Wildman–Crippen MR) is 100 cm³/mol. The number of fused-ring (bicyclic) bond motifs is 1. The smallest absolute Gasteiger partial charge is 1.00 e. The van der Waals surface area contributed by atoms with Gasteiger partial charge in [-0.2, -0.15) is 0 Å². The van der Waals surface area contributed by atoms with Crippen LogP contribution in [0, 0.1) is 6.92 Å². The molecule has 1 unspecified atom stereocenters. The number of nitrogens with zero attached hydrogens (tertiary/aromatic N) is 2. The largest absolute Gasteiger partial charge is 1.00 e. The van der Waals surface area contributed by atoms with Gasteiger partial charge in [-0.25, -0.2) is 4.98 Å². The maximum Gasteiger partial charge on any atom is 1.00 e. The van der Waals surface area contributed by atoms with Crippen molar-refractivity contribution in [1.82, 2.24) is 15.0 Å². The number of pyridine rings is 1. The Labute approximate surface area is 184 Å². The number of rotatable bonds is 8. The number of benzene rings is 1. The quantitative estimate of drug-likeness (QED) is 0.414. The van der Waals surface area contributed by atoms with Crippen LogP contribution in [-0.2, 0) is 21.3 Å². The second-order valence-electron chi connectivity index (χ2n) is 5.64. The molecule has 0 radical (unpaired) electrons. The number of imidazole rings is 1. The van der Waals surface area contributed by atoms with Crippen LogP contribution in [0.15, 0.2) is 35.6 Å². The predicted octanol–water partition coefficient (Wildman–Crippen LogP) is -0.276. The number of nitrogens with one attached hydrogen (secondary N) is 1. The summed E-state index contributed by atoms with van der Waals surface area (Å²) in [6, 6.07) is 7.28. The fraction of sp³-hybridized carbons (Fsp3) is 0.333. The molecule has 1 aromatic carbocycles. The SMILES string of the molecule is COCCOc1ccnc(CS(=O)c2nc3ccc(OC)cc3[nH]2)c1C.[H-].[Na+]. The molecule has 0 bridgehead atoms. The summed E-state index contributed by atoms with van der Waals surface area (Å²) >= 11 is 0. The van der Waals surface area contributed by atoms with E-state index in [2.05, 4.69) is 15.0 Å². The Kier molecular flexibility index (Phi) is 8.25. The van der Waals surface area contributed by atoms with E-state index < -0.39 is 10.8 Å². The Bertz CT molecular complexity index is 938. The number of methoxy groups -OCH3 is 2. The van der Waals surface area contributed by atoms with Crippen LogP contribution in [-0.4, -0.2) is 46.6 Å². The molecule has 0 saturated carbocycles. The molecule has 9 heteroatoms. The molecule has 0 saturated heterocycles. The average molecular weight is 399 g/mol. The van der Waals surface area contributed by atoms with Gasteiger partial charge >= 0.3 is 29.6 Å². The van der Waals surface area contributed by atoms with Crippen molar-refractivity contribution in [3.05, 3.63) is 41.7 Å². The van der Waals surface area contributed by atoms with Crippen LogP contribution >= 0.6 is 0 Å². The maximum absolute atomic E-state index is 12.7. The molecule has 2 aromatic heterocycles. The van der Waals surface area contributed by atoms with Crippen LogP contribution in [0.3, 0.4) is 0 Å². The fourth-order valence-electron chi connectivity index (χ4n) is 2.49. The van der Waals surface area contributed by atoms with Crippen LogP contribution in [0.2, 0.25) is 0 Å². The number of aromatic amines is 1. The van der Waals surface area contributed by atoms with Crippen molar-refractivity contribution in [3.63, 3.8) is 0 Å². The van der Waals surface area contributed by atoms with Gasteiger partial charge in [-0.15, -0.1) is 0 Å². The molecule has 27 heavy (non-hydrogen) atoms. The number of hydrogen-bond acceptors (Lipinski definition) is 6. The van der Waals surface area contributed by atoms with Crippen LogP contribution < -0.4 is 39.0 Å². The van der Waals surface area contributed by atoms with Crippen LogP contribution in [0.1, 0.15) is 12.7 Å². The molecule has 3 aromatic rings. The van der Waals surface area contributed by atoms with Crippen molar-refractivity contribution < 1.29 is 49.4 Å². The minimum atomic E-state index is -1.35. The normalized spacial score (nSPS) is 11.8. The zero-order valence-electron chi connectivity index (χ0n) is 16.9. The third kappa shape index (κ3) is 5.30. The summed E-state index contributed by atoms with van der Waals surface area (Å²) in [6.07, 6.45) is 1.66. The van der Waals surface area contributed by atoms with Gasteiger partial charge in [0.25, 0.3) is 0 Å².